The van der Waals surface area contributed by atoms with Gasteiger partial charge in [-0.1, -0.05) is 44.2 Å². The monoisotopic (exact) mass is 418 g/mol. The fourth-order valence-electron chi connectivity index (χ4n) is 3.66. The van der Waals surface area contributed by atoms with Crippen LogP contribution in [0.3, 0.4) is 0 Å². The molecule has 0 aromatic heterocycles. The molecule has 2 aromatic carbocycles. The van der Waals surface area contributed by atoms with Crippen LogP contribution in [0.25, 0.3) is 0 Å². The molecular weight excluding hydrogens is 391 g/mol. The Labute approximate surface area is 172 Å². The molecule has 3 rings (SSSR count). The quantitative estimate of drug-likeness (QED) is 0.750. The van der Waals surface area contributed by atoms with Gasteiger partial charge in [-0.05, 0) is 42.2 Å². The second kappa shape index (κ2) is 9.05. The molecule has 29 heavy (non-hydrogen) atoms. The van der Waals surface area contributed by atoms with Gasteiger partial charge >= 0.3 is 0 Å². The van der Waals surface area contributed by atoms with Gasteiger partial charge in [-0.3, -0.25) is 4.79 Å². The number of sulfonamides is 1. The molecule has 0 saturated carbocycles. The van der Waals surface area contributed by atoms with Gasteiger partial charge in [0.05, 0.1) is 10.8 Å². The van der Waals surface area contributed by atoms with Gasteiger partial charge in [0, 0.05) is 25.6 Å². The first-order valence-corrected chi connectivity index (χ1v) is 11.3. The summed E-state index contributed by atoms with van der Waals surface area (Å²) in [4.78, 5) is 13.1. The van der Waals surface area contributed by atoms with Gasteiger partial charge in [0.1, 0.15) is 5.82 Å². The van der Waals surface area contributed by atoms with Crippen molar-refractivity contribution in [3.63, 3.8) is 0 Å². The molecule has 0 bridgehead atoms. The van der Waals surface area contributed by atoms with Crippen LogP contribution in [0, 0.1) is 17.7 Å². The van der Waals surface area contributed by atoms with Crippen LogP contribution < -0.4 is 5.32 Å². The number of halogens is 1. The zero-order chi connectivity index (χ0) is 21.0. The van der Waals surface area contributed by atoms with E-state index in [1.54, 1.807) is 42.5 Å². The molecular formula is C22H27FN2O3S. The highest BCUT2D eigenvalue weighted by atomic mass is 32.2. The predicted octanol–water partition coefficient (Wildman–Crippen LogP) is 3.39. The number of hydrogen-bond acceptors (Lipinski definition) is 3. The molecule has 1 fully saturated rings. The van der Waals surface area contributed by atoms with Gasteiger partial charge in [0.15, 0.2) is 0 Å². The number of hydrogen-bond donors (Lipinski definition) is 1. The number of carbonyl (C=O) groups excluding carboxylic acids is 1. The van der Waals surface area contributed by atoms with E-state index < -0.39 is 27.7 Å². The first-order chi connectivity index (χ1) is 13.8. The molecule has 1 heterocycles. The first kappa shape index (κ1) is 21.5. The van der Waals surface area contributed by atoms with E-state index in [1.165, 1.54) is 16.4 Å². The topological polar surface area (TPSA) is 66.5 Å². The lowest BCUT2D eigenvalue weighted by Gasteiger charge is -2.18. The third-order valence-electron chi connectivity index (χ3n) is 5.30. The average molecular weight is 419 g/mol. The normalized spacial score (nSPS) is 20.1. The van der Waals surface area contributed by atoms with E-state index >= 15 is 0 Å². The third kappa shape index (κ3) is 5.03. The Balaban J connectivity index is 1.87. The van der Waals surface area contributed by atoms with Crippen LogP contribution in [0.5, 0.6) is 0 Å². The number of benzene rings is 2. The number of rotatable bonds is 7. The van der Waals surface area contributed by atoms with Crippen LogP contribution in [0.2, 0.25) is 0 Å². The van der Waals surface area contributed by atoms with E-state index in [9.17, 15) is 17.6 Å². The Morgan fingerprint density at radius 2 is 1.86 bits per heavy atom. The van der Waals surface area contributed by atoms with Crippen LogP contribution in [0.15, 0.2) is 59.5 Å². The Bertz CT molecular complexity index is 948. The zero-order valence-electron chi connectivity index (χ0n) is 16.7. The molecule has 2 atom stereocenters. The Hall–Kier alpha value is -2.25. The maximum Gasteiger partial charge on any atom is 0.243 e. The van der Waals surface area contributed by atoms with E-state index in [4.69, 9.17) is 0 Å². The van der Waals surface area contributed by atoms with Gasteiger partial charge in [-0.15, -0.1) is 0 Å². The molecule has 1 aliphatic rings. The van der Waals surface area contributed by atoms with Crippen molar-refractivity contribution in [2.75, 3.05) is 19.6 Å². The highest BCUT2D eigenvalue weighted by molar-refractivity contribution is 7.89. The Morgan fingerprint density at radius 3 is 2.52 bits per heavy atom. The molecule has 1 amide bonds. The molecule has 0 aliphatic carbocycles. The maximum atomic E-state index is 13.8. The smallest absolute Gasteiger partial charge is 0.243 e. The molecule has 1 N–H and O–H groups in total. The minimum Gasteiger partial charge on any atom is -0.356 e. The van der Waals surface area contributed by atoms with Crippen molar-refractivity contribution in [1.29, 1.82) is 0 Å². The van der Waals surface area contributed by atoms with Crippen molar-refractivity contribution in [3.8, 4) is 0 Å². The largest absolute Gasteiger partial charge is 0.356 e. The summed E-state index contributed by atoms with van der Waals surface area (Å²) in [5.74, 6) is -1.10. The summed E-state index contributed by atoms with van der Waals surface area (Å²) in [5.41, 5.74) is 0.639. The predicted molar refractivity (Wildman–Crippen MR) is 110 cm³/mol. The van der Waals surface area contributed by atoms with Crippen molar-refractivity contribution < 1.29 is 17.6 Å². The SMILES string of the molecule is CC(C)CCNC(=O)[C@@H]1CN(S(=O)(=O)c2ccccc2)C[C@H]1c1cccc(F)c1. The first-order valence-electron chi connectivity index (χ1n) is 9.87. The maximum absolute atomic E-state index is 13.8. The highest BCUT2D eigenvalue weighted by Gasteiger charge is 2.43. The minimum atomic E-state index is -3.73. The molecule has 2 aromatic rings. The summed E-state index contributed by atoms with van der Waals surface area (Å²) in [7, 11) is -3.73. The van der Waals surface area contributed by atoms with Crippen LogP contribution in [0.1, 0.15) is 31.7 Å². The molecule has 0 radical (unpaired) electrons. The van der Waals surface area contributed by atoms with E-state index in [1.807, 2.05) is 0 Å². The average Bonchev–Trinajstić information content (AvgIpc) is 3.15. The lowest BCUT2D eigenvalue weighted by atomic mass is 9.88. The fraction of sp³-hybridized carbons (Fsp3) is 0.409. The molecule has 0 unspecified atom stereocenters. The number of carbonyl (C=O) groups is 1. The van der Waals surface area contributed by atoms with Crippen LogP contribution in [0.4, 0.5) is 4.39 Å². The van der Waals surface area contributed by atoms with Gasteiger partial charge in [0.25, 0.3) is 0 Å². The summed E-state index contributed by atoms with van der Waals surface area (Å²) in [6.07, 6.45) is 0.842. The summed E-state index contributed by atoms with van der Waals surface area (Å²) >= 11 is 0. The molecule has 7 heteroatoms. The van der Waals surface area contributed by atoms with E-state index in [0.717, 1.165) is 6.42 Å². The van der Waals surface area contributed by atoms with Gasteiger partial charge in [-0.2, -0.15) is 4.31 Å². The van der Waals surface area contributed by atoms with Crippen molar-refractivity contribution in [3.05, 3.63) is 66.0 Å². The van der Waals surface area contributed by atoms with E-state index in [2.05, 4.69) is 19.2 Å². The van der Waals surface area contributed by atoms with E-state index in [0.29, 0.717) is 18.0 Å². The second-order valence-electron chi connectivity index (χ2n) is 7.88. The molecule has 156 valence electrons. The Kier molecular flexibility index (Phi) is 6.70. The standard InChI is InChI=1S/C22H27FN2O3S/c1-16(2)11-12-24-22(26)21-15-25(29(27,28)19-9-4-3-5-10-19)14-20(21)17-7-6-8-18(23)13-17/h3-10,13,16,20-21H,11-12,14-15H2,1-2H3,(H,24,26)/t20-,21+/m0/s1. The lowest BCUT2D eigenvalue weighted by Crippen LogP contribution is -2.36. The summed E-state index contributed by atoms with van der Waals surface area (Å²) in [5, 5.41) is 2.93. The van der Waals surface area contributed by atoms with Crippen LogP contribution >= 0.6 is 0 Å². The number of nitrogens with one attached hydrogen (secondary N) is 1. The molecule has 1 aliphatic heterocycles. The fourth-order valence-corrected chi connectivity index (χ4v) is 5.17. The Morgan fingerprint density at radius 1 is 1.14 bits per heavy atom. The van der Waals surface area contributed by atoms with Crippen LogP contribution in [-0.4, -0.2) is 38.3 Å². The van der Waals surface area contributed by atoms with Crippen molar-refractivity contribution in [1.82, 2.24) is 9.62 Å². The zero-order valence-corrected chi connectivity index (χ0v) is 17.5. The number of nitrogens with zero attached hydrogens (tertiary/aromatic N) is 1. The number of amides is 1. The molecule has 1 saturated heterocycles. The summed E-state index contributed by atoms with van der Waals surface area (Å²) < 4.78 is 41.3. The molecule has 5 nitrogen and oxygen atoms in total. The third-order valence-corrected chi connectivity index (χ3v) is 7.15. The lowest BCUT2D eigenvalue weighted by molar-refractivity contribution is -0.124. The van der Waals surface area contributed by atoms with Gasteiger partial charge in [0.2, 0.25) is 15.9 Å². The van der Waals surface area contributed by atoms with Gasteiger partial charge in [-0.25, -0.2) is 12.8 Å². The second-order valence-corrected chi connectivity index (χ2v) is 9.81. The van der Waals surface area contributed by atoms with Crippen molar-refractivity contribution in [2.24, 2.45) is 11.8 Å². The molecule has 0 spiro atoms. The van der Waals surface area contributed by atoms with E-state index in [-0.39, 0.29) is 23.9 Å². The van der Waals surface area contributed by atoms with Crippen LogP contribution in [-0.2, 0) is 14.8 Å². The minimum absolute atomic E-state index is 0.0753. The van der Waals surface area contributed by atoms with Gasteiger partial charge < -0.3 is 5.32 Å². The summed E-state index contributed by atoms with van der Waals surface area (Å²) in [6.45, 7) is 4.90. The van der Waals surface area contributed by atoms with Crippen molar-refractivity contribution in [2.45, 2.75) is 31.1 Å². The van der Waals surface area contributed by atoms with Crippen molar-refractivity contribution >= 4 is 15.9 Å². The highest BCUT2D eigenvalue weighted by Crippen LogP contribution is 2.36. The summed E-state index contributed by atoms with van der Waals surface area (Å²) in [6, 6.07) is 14.3.